The minimum atomic E-state index is -0.133. The summed E-state index contributed by atoms with van der Waals surface area (Å²) in [5.74, 6) is 0.644. The van der Waals surface area contributed by atoms with Gasteiger partial charge < -0.3 is 11.1 Å². The lowest BCUT2D eigenvalue weighted by atomic mass is 9.91. The van der Waals surface area contributed by atoms with Gasteiger partial charge in [-0.2, -0.15) is 5.10 Å². The van der Waals surface area contributed by atoms with Gasteiger partial charge in [0.15, 0.2) is 5.82 Å². The Bertz CT molecular complexity index is 681. The molecule has 0 unspecified atom stereocenters. The zero-order valence-corrected chi connectivity index (χ0v) is 11.5. The Balaban J connectivity index is 2.03. The maximum Gasteiger partial charge on any atom is 0.276 e. The van der Waals surface area contributed by atoms with Crippen molar-refractivity contribution in [3.05, 3.63) is 28.7 Å². The Morgan fingerprint density at radius 1 is 1.40 bits per heavy atom. The molecule has 0 saturated heterocycles. The molecule has 1 aliphatic carbocycles. The van der Waals surface area contributed by atoms with Crippen molar-refractivity contribution in [1.29, 1.82) is 0 Å². The molecule has 0 aliphatic heterocycles. The normalized spacial score (nSPS) is 22.9. The first-order valence-electron chi connectivity index (χ1n) is 7.01. The largest absolute Gasteiger partial charge is 0.363 e. The van der Waals surface area contributed by atoms with E-state index < -0.39 is 0 Å². The fourth-order valence-electron chi connectivity index (χ4n) is 2.80. The first-order valence-corrected chi connectivity index (χ1v) is 7.01. The second-order valence-electron chi connectivity index (χ2n) is 5.38. The maximum atomic E-state index is 12.0. The number of nitrogens with two attached hydrogens (primary N) is 1. The van der Waals surface area contributed by atoms with Gasteiger partial charge in [-0.15, -0.1) is 0 Å². The van der Waals surface area contributed by atoms with Crippen LogP contribution in [0, 0.1) is 0 Å². The predicted octanol–water partition coefficient (Wildman–Crippen LogP) is 1.01. The van der Waals surface area contributed by atoms with Crippen LogP contribution in [0.15, 0.2) is 23.1 Å². The molecule has 6 nitrogen and oxygen atoms in total. The minimum absolute atomic E-state index is 0.126. The van der Waals surface area contributed by atoms with Crippen molar-refractivity contribution < 1.29 is 0 Å². The molecule has 3 rings (SSSR count). The number of pyridine rings is 1. The number of aromatic nitrogens is 3. The molecule has 2 aromatic heterocycles. The summed E-state index contributed by atoms with van der Waals surface area (Å²) in [6.45, 7) is 0. The van der Waals surface area contributed by atoms with Crippen molar-refractivity contribution in [3.8, 4) is 0 Å². The molecule has 0 bridgehead atoms. The minimum Gasteiger partial charge on any atom is -0.363 e. The average Bonchev–Trinajstić information content (AvgIpc) is 2.47. The third-order valence-electron chi connectivity index (χ3n) is 3.95. The standard InChI is InChI=1S/C14H19N5O/c1-19-14(20)9-5-4-8-16-12(9)13(18-19)17-11-7-3-2-6-10(11)15/h4-5,8,10-11H,2-3,6-7,15H2,1H3,(H,17,18)/t10-,11+/m1/s1. The average molecular weight is 273 g/mol. The van der Waals surface area contributed by atoms with Crippen LogP contribution in [-0.4, -0.2) is 26.8 Å². The summed E-state index contributed by atoms with van der Waals surface area (Å²) in [5.41, 5.74) is 6.65. The van der Waals surface area contributed by atoms with E-state index in [1.165, 1.54) is 17.5 Å². The summed E-state index contributed by atoms with van der Waals surface area (Å²) < 4.78 is 1.35. The molecule has 6 heteroatoms. The monoisotopic (exact) mass is 273 g/mol. The van der Waals surface area contributed by atoms with Crippen LogP contribution in [0.2, 0.25) is 0 Å². The molecule has 2 heterocycles. The van der Waals surface area contributed by atoms with Crippen molar-refractivity contribution in [2.24, 2.45) is 12.8 Å². The third-order valence-corrected chi connectivity index (χ3v) is 3.95. The van der Waals surface area contributed by atoms with Crippen molar-refractivity contribution in [1.82, 2.24) is 14.8 Å². The number of hydrogen-bond acceptors (Lipinski definition) is 5. The van der Waals surface area contributed by atoms with Crippen LogP contribution >= 0.6 is 0 Å². The number of nitrogens with one attached hydrogen (secondary N) is 1. The van der Waals surface area contributed by atoms with Gasteiger partial charge in [-0.3, -0.25) is 9.78 Å². The molecule has 1 saturated carbocycles. The number of nitrogens with zero attached hydrogens (tertiary/aromatic N) is 3. The Morgan fingerprint density at radius 3 is 3.00 bits per heavy atom. The summed E-state index contributed by atoms with van der Waals surface area (Å²) in [7, 11) is 1.65. The van der Waals surface area contributed by atoms with Gasteiger partial charge in [-0.1, -0.05) is 12.8 Å². The molecule has 1 aliphatic rings. The highest BCUT2D eigenvalue weighted by atomic mass is 16.1. The zero-order valence-electron chi connectivity index (χ0n) is 11.5. The third kappa shape index (κ3) is 2.27. The van der Waals surface area contributed by atoms with E-state index in [1.54, 1.807) is 25.4 Å². The molecule has 0 aromatic carbocycles. The molecule has 20 heavy (non-hydrogen) atoms. The van der Waals surface area contributed by atoms with E-state index in [0.29, 0.717) is 16.7 Å². The van der Waals surface area contributed by atoms with E-state index in [4.69, 9.17) is 5.73 Å². The summed E-state index contributed by atoms with van der Waals surface area (Å²) in [4.78, 5) is 16.3. The molecule has 0 amide bonds. The molecule has 0 spiro atoms. The first kappa shape index (κ1) is 13.1. The van der Waals surface area contributed by atoms with Gasteiger partial charge in [0.25, 0.3) is 5.56 Å². The van der Waals surface area contributed by atoms with Crippen LogP contribution in [-0.2, 0) is 7.05 Å². The van der Waals surface area contributed by atoms with E-state index in [1.807, 2.05) is 0 Å². The zero-order chi connectivity index (χ0) is 14.1. The van der Waals surface area contributed by atoms with Crippen LogP contribution in [0.3, 0.4) is 0 Å². The Labute approximate surface area is 117 Å². The number of rotatable bonds is 2. The van der Waals surface area contributed by atoms with Crippen molar-refractivity contribution >= 4 is 16.7 Å². The van der Waals surface area contributed by atoms with Crippen LogP contribution in [0.1, 0.15) is 25.7 Å². The van der Waals surface area contributed by atoms with Gasteiger partial charge in [0, 0.05) is 25.3 Å². The van der Waals surface area contributed by atoms with E-state index in [2.05, 4.69) is 15.4 Å². The van der Waals surface area contributed by atoms with Crippen LogP contribution in [0.4, 0.5) is 5.82 Å². The molecule has 2 aromatic rings. The van der Waals surface area contributed by atoms with Crippen molar-refractivity contribution in [3.63, 3.8) is 0 Å². The lowest BCUT2D eigenvalue weighted by Gasteiger charge is -2.29. The second-order valence-corrected chi connectivity index (χ2v) is 5.38. The fraction of sp³-hybridized carbons (Fsp3) is 0.500. The van der Waals surface area contributed by atoms with Gasteiger partial charge in [0.2, 0.25) is 0 Å². The topological polar surface area (TPSA) is 85.8 Å². The van der Waals surface area contributed by atoms with Gasteiger partial charge in [0.05, 0.1) is 5.39 Å². The maximum absolute atomic E-state index is 12.0. The smallest absolute Gasteiger partial charge is 0.276 e. The van der Waals surface area contributed by atoms with E-state index >= 15 is 0 Å². The van der Waals surface area contributed by atoms with Crippen molar-refractivity contribution in [2.45, 2.75) is 37.8 Å². The number of hydrogen-bond donors (Lipinski definition) is 2. The fourth-order valence-corrected chi connectivity index (χ4v) is 2.80. The van der Waals surface area contributed by atoms with E-state index in [-0.39, 0.29) is 17.6 Å². The molecule has 0 radical (unpaired) electrons. The number of anilines is 1. The Morgan fingerprint density at radius 2 is 2.20 bits per heavy atom. The summed E-state index contributed by atoms with van der Waals surface area (Å²) in [6, 6.07) is 3.86. The molecular formula is C14H19N5O. The van der Waals surface area contributed by atoms with Crippen LogP contribution < -0.4 is 16.6 Å². The van der Waals surface area contributed by atoms with E-state index in [0.717, 1.165) is 12.8 Å². The molecule has 2 atom stereocenters. The SMILES string of the molecule is Cn1nc(N[C@H]2CCCC[C@H]2N)c2ncccc2c1=O. The van der Waals surface area contributed by atoms with Crippen LogP contribution in [0.25, 0.3) is 10.9 Å². The molecule has 106 valence electrons. The summed E-state index contributed by atoms with van der Waals surface area (Å²) >= 11 is 0. The van der Waals surface area contributed by atoms with Crippen LogP contribution in [0.5, 0.6) is 0 Å². The summed E-state index contributed by atoms with van der Waals surface area (Å²) in [6.07, 6.45) is 6.08. The summed E-state index contributed by atoms with van der Waals surface area (Å²) in [5, 5.41) is 8.27. The highest BCUT2D eigenvalue weighted by Crippen LogP contribution is 2.22. The highest BCUT2D eigenvalue weighted by Gasteiger charge is 2.23. The predicted molar refractivity (Wildman–Crippen MR) is 78.6 cm³/mol. The quantitative estimate of drug-likeness (QED) is 0.853. The first-order chi connectivity index (χ1) is 9.66. The Kier molecular flexibility index (Phi) is 3.40. The van der Waals surface area contributed by atoms with Gasteiger partial charge in [-0.25, -0.2) is 4.68 Å². The van der Waals surface area contributed by atoms with E-state index in [9.17, 15) is 4.79 Å². The second kappa shape index (κ2) is 5.20. The Hall–Kier alpha value is -1.95. The molecule has 3 N–H and O–H groups in total. The number of fused-ring (bicyclic) bond motifs is 1. The lowest BCUT2D eigenvalue weighted by Crippen LogP contribution is -2.43. The molecule has 1 fully saturated rings. The number of aryl methyl sites for hydroxylation is 1. The van der Waals surface area contributed by atoms with Gasteiger partial charge >= 0.3 is 0 Å². The lowest BCUT2D eigenvalue weighted by molar-refractivity contribution is 0.403. The highest BCUT2D eigenvalue weighted by molar-refractivity contribution is 5.87. The molecular weight excluding hydrogens is 254 g/mol. The van der Waals surface area contributed by atoms with Crippen molar-refractivity contribution in [2.75, 3.05) is 5.32 Å². The van der Waals surface area contributed by atoms with Gasteiger partial charge in [0.1, 0.15) is 5.52 Å². The van der Waals surface area contributed by atoms with Gasteiger partial charge in [-0.05, 0) is 25.0 Å².